The molecule has 1 aromatic rings. The molecule has 0 aromatic heterocycles. The summed E-state index contributed by atoms with van der Waals surface area (Å²) in [6, 6.07) is 9.74. The van der Waals surface area contributed by atoms with Gasteiger partial charge in [-0.3, -0.25) is 10.3 Å². The van der Waals surface area contributed by atoms with Gasteiger partial charge in [-0.25, -0.2) is 0 Å². The summed E-state index contributed by atoms with van der Waals surface area (Å²) in [6.07, 6.45) is 13.7. The lowest BCUT2D eigenvalue weighted by Gasteiger charge is -2.12. The van der Waals surface area contributed by atoms with Crippen LogP contribution in [0, 0.1) is 0 Å². The van der Waals surface area contributed by atoms with E-state index in [0.717, 1.165) is 18.5 Å². The third-order valence-corrected chi connectivity index (χ3v) is 4.13. The molecule has 0 heterocycles. The molecular weight excluding hydrogens is 286 g/mol. The molecule has 132 valence electrons. The number of unbranched alkanes of at least 4 members (excludes halogenated alkanes) is 9. The van der Waals surface area contributed by atoms with E-state index in [2.05, 4.69) is 12.4 Å². The highest BCUT2D eigenvalue weighted by Crippen LogP contribution is 2.12. The summed E-state index contributed by atoms with van der Waals surface area (Å²) in [4.78, 5) is 5.32. The molecule has 0 saturated heterocycles. The van der Waals surface area contributed by atoms with Crippen molar-refractivity contribution >= 4 is 5.69 Å². The minimum Gasteiger partial charge on any atom is -0.391 e. The third kappa shape index (κ3) is 12.1. The first-order valence-electron chi connectivity index (χ1n) is 9.44. The molecule has 1 rings (SSSR count). The highest BCUT2D eigenvalue weighted by molar-refractivity contribution is 5.39. The zero-order chi connectivity index (χ0) is 16.6. The Morgan fingerprint density at radius 1 is 0.870 bits per heavy atom. The number of benzene rings is 1. The van der Waals surface area contributed by atoms with E-state index in [-0.39, 0.29) is 6.10 Å². The molecule has 0 amide bonds. The maximum Gasteiger partial charge on any atom is 0.100 e. The summed E-state index contributed by atoms with van der Waals surface area (Å²) in [6.45, 7) is 2.60. The minimum absolute atomic E-state index is 0.340. The van der Waals surface area contributed by atoms with Gasteiger partial charge in [0, 0.05) is 0 Å². The van der Waals surface area contributed by atoms with Gasteiger partial charge in [-0.2, -0.15) is 0 Å². The Balaban J connectivity index is 1.84. The van der Waals surface area contributed by atoms with Crippen LogP contribution in [0.1, 0.15) is 77.6 Å². The molecule has 23 heavy (non-hydrogen) atoms. The maximum atomic E-state index is 9.89. The van der Waals surface area contributed by atoms with Gasteiger partial charge >= 0.3 is 0 Å². The Hall–Kier alpha value is -1.06. The lowest BCUT2D eigenvalue weighted by atomic mass is 10.0. The molecule has 3 heteroatoms. The minimum atomic E-state index is -0.375. The van der Waals surface area contributed by atoms with Gasteiger partial charge in [0.05, 0.1) is 11.8 Å². The van der Waals surface area contributed by atoms with E-state index in [1.807, 2.05) is 30.3 Å². The molecule has 0 saturated carbocycles. The standard InChI is InChI=1S/C20H35NO2/c1-2-3-4-5-6-7-8-9-10-14-17-20(22)18-23-21-19-15-12-11-13-16-19/h11-13,15-16,20-22H,2-10,14,17-18H2,1H3. The van der Waals surface area contributed by atoms with E-state index in [4.69, 9.17) is 4.84 Å². The number of hydrogen-bond donors (Lipinski definition) is 2. The molecule has 1 unspecified atom stereocenters. The number of anilines is 1. The van der Waals surface area contributed by atoms with Crippen LogP contribution in [0.3, 0.4) is 0 Å². The van der Waals surface area contributed by atoms with Crippen LogP contribution < -0.4 is 5.48 Å². The fourth-order valence-corrected chi connectivity index (χ4v) is 2.68. The predicted octanol–water partition coefficient (Wildman–Crippen LogP) is 5.70. The molecule has 3 nitrogen and oxygen atoms in total. The average molecular weight is 322 g/mol. The van der Waals surface area contributed by atoms with Crippen LogP contribution in [0.15, 0.2) is 30.3 Å². The molecule has 1 aromatic carbocycles. The van der Waals surface area contributed by atoms with Crippen LogP contribution >= 0.6 is 0 Å². The summed E-state index contributed by atoms with van der Waals surface area (Å²) in [5.74, 6) is 0. The van der Waals surface area contributed by atoms with E-state index < -0.39 is 0 Å². The third-order valence-electron chi connectivity index (χ3n) is 4.13. The van der Waals surface area contributed by atoms with Gasteiger partial charge in [0.1, 0.15) is 6.61 Å². The molecule has 0 aliphatic rings. The second-order valence-electron chi connectivity index (χ2n) is 6.40. The molecule has 0 bridgehead atoms. The van der Waals surface area contributed by atoms with Crippen LogP contribution in [0.2, 0.25) is 0 Å². The fraction of sp³-hybridized carbons (Fsp3) is 0.700. The topological polar surface area (TPSA) is 41.5 Å². The smallest absolute Gasteiger partial charge is 0.100 e. The number of nitrogens with one attached hydrogen (secondary N) is 1. The first-order chi connectivity index (χ1) is 11.3. The van der Waals surface area contributed by atoms with Crippen molar-refractivity contribution < 1.29 is 9.94 Å². The van der Waals surface area contributed by atoms with Crippen molar-refractivity contribution in [3.8, 4) is 0 Å². The highest BCUT2D eigenvalue weighted by Gasteiger charge is 2.04. The van der Waals surface area contributed by atoms with Gasteiger partial charge in [0.25, 0.3) is 0 Å². The maximum absolute atomic E-state index is 9.89. The number of rotatable bonds is 15. The number of aliphatic hydroxyl groups excluding tert-OH is 1. The van der Waals surface area contributed by atoms with E-state index in [9.17, 15) is 5.11 Å². The molecule has 2 N–H and O–H groups in total. The lowest BCUT2D eigenvalue weighted by Crippen LogP contribution is -2.17. The highest BCUT2D eigenvalue weighted by atomic mass is 16.6. The Morgan fingerprint density at radius 2 is 1.43 bits per heavy atom. The zero-order valence-electron chi connectivity index (χ0n) is 14.8. The summed E-state index contributed by atoms with van der Waals surface area (Å²) in [5, 5.41) is 9.89. The van der Waals surface area contributed by atoms with Crippen LogP contribution in [0.4, 0.5) is 5.69 Å². The Bertz CT molecular complexity index is 356. The summed E-state index contributed by atoms with van der Waals surface area (Å²) in [7, 11) is 0. The van der Waals surface area contributed by atoms with Gasteiger partial charge in [-0.1, -0.05) is 89.3 Å². The van der Waals surface area contributed by atoms with E-state index in [0.29, 0.717) is 6.61 Å². The number of hydrogen-bond acceptors (Lipinski definition) is 3. The largest absolute Gasteiger partial charge is 0.391 e. The average Bonchev–Trinajstić information content (AvgIpc) is 2.57. The van der Waals surface area contributed by atoms with Crippen LogP contribution in [0.5, 0.6) is 0 Å². The molecule has 0 aliphatic heterocycles. The first kappa shape index (κ1) is 20.0. The zero-order valence-corrected chi connectivity index (χ0v) is 14.8. The van der Waals surface area contributed by atoms with Gasteiger partial charge in [-0.05, 0) is 18.6 Å². The SMILES string of the molecule is CCCCCCCCCCCCC(O)CONc1ccccc1. The van der Waals surface area contributed by atoms with Crippen molar-refractivity contribution in [2.45, 2.75) is 83.7 Å². The molecule has 0 fully saturated rings. The molecule has 1 atom stereocenters. The van der Waals surface area contributed by atoms with E-state index in [1.54, 1.807) is 0 Å². The second-order valence-corrected chi connectivity index (χ2v) is 6.40. The quantitative estimate of drug-likeness (QED) is 0.321. The summed E-state index contributed by atoms with van der Waals surface area (Å²) in [5.41, 5.74) is 3.77. The van der Waals surface area contributed by atoms with Crippen molar-refractivity contribution in [2.75, 3.05) is 12.1 Å². The molecular formula is C20H35NO2. The molecule has 0 spiro atoms. The van der Waals surface area contributed by atoms with Crippen LogP contribution in [-0.2, 0) is 4.84 Å². The predicted molar refractivity (Wildman–Crippen MR) is 98.5 cm³/mol. The lowest BCUT2D eigenvalue weighted by molar-refractivity contribution is 0.0562. The van der Waals surface area contributed by atoms with E-state index >= 15 is 0 Å². The number of aliphatic hydroxyl groups is 1. The van der Waals surface area contributed by atoms with Gasteiger partial charge in [0.2, 0.25) is 0 Å². The number of para-hydroxylation sites is 1. The molecule has 0 aliphatic carbocycles. The van der Waals surface area contributed by atoms with Crippen molar-refractivity contribution in [3.05, 3.63) is 30.3 Å². The second kappa shape index (κ2) is 14.5. The van der Waals surface area contributed by atoms with Crippen LogP contribution in [-0.4, -0.2) is 17.8 Å². The van der Waals surface area contributed by atoms with Gasteiger partial charge in [0.15, 0.2) is 0 Å². The molecule has 0 radical (unpaired) electrons. The fourth-order valence-electron chi connectivity index (χ4n) is 2.68. The summed E-state index contributed by atoms with van der Waals surface area (Å²) < 4.78 is 0. The Kier molecular flexibility index (Phi) is 12.6. The van der Waals surface area contributed by atoms with Crippen molar-refractivity contribution in [2.24, 2.45) is 0 Å². The summed E-state index contributed by atoms with van der Waals surface area (Å²) >= 11 is 0. The van der Waals surface area contributed by atoms with Crippen LogP contribution in [0.25, 0.3) is 0 Å². The van der Waals surface area contributed by atoms with Crippen molar-refractivity contribution in [3.63, 3.8) is 0 Å². The Labute approximate surface area is 142 Å². The first-order valence-corrected chi connectivity index (χ1v) is 9.44. The van der Waals surface area contributed by atoms with E-state index in [1.165, 1.54) is 57.8 Å². The monoisotopic (exact) mass is 321 g/mol. The normalized spacial score (nSPS) is 12.3. The van der Waals surface area contributed by atoms with Crippen molar-refractivity contribution in [1.29, 1.82) is 0 Å². The Morgan fingerprint density at radius 3 is 2.04 bits per heavy atom. The van der Waals surface area contributed by atoms with Crippen molar-refractivity contribution in [1.82, 2.24) is 0 Å². The van der Waals surface area contributed by atoms with Gasteiger partial charge in [-0.15, -0.1) is 0 Å². The van der Waals surface area contributed by atoms with Gasteiger partial charge < -0.3 is 5.11 Å².